The summed E-state index contributed by atoms with van der Waals surface area (Å²) in [5.41, 5.74) is 11.5. The van der Waals surface area contributed by atoms with E-state index in [9.17, 15) is 9.18 Å². The first-order valence-corrected chi connectivity index (χ1v) is 9.13. The average molecular weight is 366 g/mol. The van der Waals surface area contributed by atoms with Gasteiger partial charge in [-0.2, -0.15) is 15.0 Å². The van der Waals surface area contributed by atoms with Gasteiger partial charge in [-0.1, -0.05) is 30.0 Å². The van der Waals surface area contributed by atoms with Gasteiger partial charge in [0.15, 0.2) is 5.16 Å². The van der Waals surface area contributed by atoms with Crippen LogP contribution in [-0.2, 0) is 4.79 Å². The van der Waals surface area contributed by atoms with E-state index in [0.29, 0.717) is 17.3 Å². The van der Waals surface area contributed by atoms with E-state index in [2.05, 4.69) is 15.0 Å². The molecule has 0 bridgehead atoms. The molecule has 24 heavy (non-hydrogen) atoms. The van der Waals surface area contributed by atoms with Crippen molar-refractivity contribution in [3.63, 3.8) is 0 Å². The monoisotopic (exact) mass is 366 g/mol. The largest absolute Gasteiger partial charge is 0.368 e. The maximum atomic E-state index is 14.0. The molecule has 0 aliphatic carbocycles. The molecule has 0 unspecified atom stereocenters. The zero-order valence-electron chi connectivity index (χ0n) is 12.6. The van der Waals surface area contributed by atoms with Crippen LogP contribution >= 0.6 is 23.5 Å². The third kappa shape index (κ3) is 3.70. The first-order valence-electron chi connectivity index (χ1n) is 7.10. The van der Waals surface area contributed by atoms with Crippen LogP contribution in [0.2, 0.25) is 0 Å². The fourth-order valence-electron chi connectivity index (χ4n) is 2.32. The van der Waals surface area contributed by atoms with Crippen molar-refractivity contribution in [1.29, 1.82) is 0 Å². The molecule has 1 fully saturated rings. The molecule has 1 atom stereocenters. The van der Waals surface area contributed by atoms with Crippen molar-refractivity contribution in [2.24, 2.45) is 0 Å². The lowest BCUT2D eigenvalue weighted by molar-refractivity contribution is -0.128. The van der Waals surface area contributed by atoms with Crippen molar-refractivity contribution in [1.82, 2.24) is 19.9 Å². The number of benzene rings is 1. The Bertz CT molecular complexity index is 742. The summed E-state index contributed by atoms with van der Waals surface area (Å²) in [5, 5.41) is -0.0181. The minimum absolute atomic E-state index is 0.0124. The zero-order valence-corrected chi connectivity index (χ0v) is 14.2. The van der Waals surface area contributed by atoms with Gasteiger partial charge in [0.2, 0.25) is 17.8 Å². The van der Waals surface area contributed by atoms with Crippen molar-refractivity contribution >= 4 is 41.3 Å². The minimum atomic E-state index is -0.312. The first-order chi connectivity index (χ1) is 11.5. The molecule has 0 spiro atoms. The van der Waals surface area contributed by atoms with E-state index in [-0.39, 0.29) is 34.7 Å². The average Bonchev–Trinajstić information content (AvgIpc) is 3.01. The van der Waals surface area contributed by atoms with Gasteiger partial charge in [-0.05, 0) is 6.07 Å². The van der Waals surface area contributed by atoms with E-state index in [1.807, 2.05) is 0 Å². The molecule has 4 N–H and O–H groups in total. The molecule has 1 aromatic carbocycles. The Morgan fingerprint density at radius 2 is 2.00 bits per heavy atom. The molecule has 1 aliphatic rings. The number of nitrogens with two attached hydrogens (primary N) is 2. The topological polar surface area (TPSA) is 111 Å². The molecular weight excluding hydrogens is 351 g/mol. The summed E-state index contributed by atoms with van der Waals surface area (Å²) in [6.07, 6.45) is 0. The Labute approximate surface area is 146 Å². The Morgan fingerprint density at radius 3 is 2.71 bits per heavy atom. The predicted octanol–water partition coefficient (Wildman–Crippen LogP) is 1.54. The van der Waals surface area contributed by atoms with Crippen LogP contribution in [0.15, 0.2) is 29.4 Å². The van der Waals surface area contributed by atoms with Gasteiger partial charge in [-0.15, -0.1) is 11.8 Å². The van der Waals surface area contributed by atoms with Crippen molar-refractivity contribution < 1.29 is 9.18 Å². The van der Waals surface area contributed by atoms with Gasteiger partial charge >= 0.3 is 0 Å². The number of nitrogen functional groups attached to an aromatic ring is 2. The smallest absolute Gasteiger partial charge is 0.234 e. The lowest BCUT2D eigenvalue weighted by atomic mass is 10.2. The molecule has 2 aromatic rings. The first kappa shape index (κ1) is 16.8. The molecular formula is C14H15FN6OS2. The third-order valence-electron chi connectivity index (χ3n) is 3.36. The van der Waals surface area contributed by atoms with Crippen LogP contribution in [0.3, 0.4) is 0 Å². The molecule has 1 aliphatic heterocycles. The molecule has 3 rings (SSSR count). The molecule has 126 valence electrons. The number of amides is 1. The van der Waals surface area contributed by atoms with Gasteiger partial charge in [0.1, 0.15) is 11.2 Å². The van der Waals surface area contributed by atoms with Gasteiger partial charge in [0.25, 0.3) is 0 Å². The highest BCUT2D eigenvalue weighted by Crippen LogP contribution is 2.39. The molecule has 7 nitrogen and oxygen atoms in total. The summed E-state index contributed by atoms with van der Waals surface area (Å²) in [6.45, 7) is 0.574. The number of hydrogen-bond donors (Lipinski definition) is 2. The number of carbonyl (C=O) groups is 1. The number of carbonyl (C=O) groups excluding carboxylic acids is 1. The zero-order chi connectivity index (χ0) is 17.1. The van der Waals surface area contributed by atoms with Gasteiger partial charge in [-0.25, -0.2) is 4.39 Å². The van der Waals surface area contributed by atoms with E-state index >= 15 is 0 Å². The van der Waals surface area contributed by atoms with Crippen molar-refractivity contribution in [2.45, 2.75) is 10.5 Å². The van der Waals surface area contributed by atoms with Gasteiger partial charge in [-0.3, -0.25) is 4.79 Å². The van der Waals surface area contributed by atoms with Crippen LogP contribution in [0, 0.1) is 5.82 Å². The Hall–Kier alpha value is -2.07. The summed E-state index contributed by atoms with van der Waals surface area (Å²) in [5.74, 6) is 0.489. The van der Waals surface area contributed by atoms with Crippen molar-refractivity contribution in [2.75, 3.05) is 29.5 Å². The molecule has 0 radical (unpaired) electrons. The Balaban J connectivity index is 1.69. The van der Waals surface area contributed by atoms with Crippen LogP contribution in [-0.4, -0.2) is 43.8 Å². The van der Waals surface area contributed by atoms with E-state index in [1.165, 1.54) is 6.07 Å². The highest BCUT2D eigenvalue weighted by atomic mass is 32.2. The number of thioether (sulfide) groups is 2. The Morgan fingerprint density at radius 1 is 1.29 bits per heavy atom. The number of rotatable bonds is 4. The highest BCUT2D eigenvalue weighted by molar-refractivity contribution is 8.00. The quantitative estimate of drug-likeness (QED) is 0.784. The standard InChI is InChI=1S/C14H15FN6OS2/c15-9-4-2-1-3-8(9)11-21(5-6-23-11)10(22)7-24-14-19-12(16)18-13(17)20-14/h1-4,11H,5-7H2,(H4,16,17,18,19,20)/t11-/m1/s1. The fraction of sp³-hybridized carbons (Fsp3) is 0.286. The second-order valence-electron chi connectivity index (χ2n) is 4.95. The predicted molar refractivity (Wildman–Crippen MR) is 92.7 cm³/mol. The number of halogens is 1. The maximum Gasteiger partial charge on any atom is 0.234 e. The third-order valence-corrected chi connectivity index (χ3v) is 5.43. The summed E-state index contributed by atoms with van der Waals surface area (Å²) >= 11 is 2.68. The lowest BCUT2D eigenvalue weighted by Crippen LogP contribution is -2.32. The van der Waals surface area contributed by atoms with Crippen molar-refractivity contribution in [3.05, 3.63) is 35.6 Å². The molecule has 1 aromatic heterocycles. The van der Waals surface area contributed by atoms with E-state index in [0.717, 1.165) is 17.5 Å². The number of hydrogen-bond acceptors (Lipinski definition) is 8. The molecule has 1 saturated heterocycles. The summed E-state index contributed by atoms with van der Waals surface area (Å²) in [4.78, 5) is 25.7. The Kier molecular flexibility index (Phi) is 5.05. The van der Waals surface area contributed by atoms with Crippen LogP contribution in [0.1, 0.15) is 10.9 Å². The van der Waals surface area contributed by atoms with Crippen LogP contribution in [0.25, 0.3) is 0 Å². The number of nitrogens with zero attached hydrogens (tertiary/aromatic N) is 4. The van der Waals surface area contributed by atoms with E-state index in [1.54, 1.807) is 34.9 Å². The minimum Gasteiger partial charge on any atom is -0.368 e. The second-order valence-corrected chi connectivity index (χ2v) is 7.09. The van der Waals surface area contributed by atoms with Crippen LogP contribution < -0.4 is 11.5 Å². The lowest BCUT2D eigenvalue weighted by Gasteiger charge is -2.24. The maximum absolute atomic E-state index is 14.0. The SMILES string of the molecule is Nc1nc(N)nc(SCC(=O)N2CCS[C@@H]2c2ccccc2F)n1. The normalized spacial score (nSPS) is 17.2. The summed E-state index contributed by atoms with van der Waals surface area (Å²) < 4.78 is 14.0. The number of aromatic nitrogens is 3. The van der Waals surface area contributed by atoms with E-state index < -0.39 is 0 Å². The highest BCUT2D eigenvalue weighted by Gasteiger charge is 2.32. The van der Waals surface area contributed by atoms with Crippen molar-refractivity contribution in [3.8, 4) is 0 Å². The second kappa shape index (κ2) is 7.22. The van der Waals surface area contributed by atoms with Crippen LogP contribution in [0.5, 0.6) is 0 Å². The van der Waals surface area contributed by atoms with Gasteiger partial charge in [0, 0.05) is 17.9 Å². The molecule has 1 amide bonds. The molecule has 0 saturated carbocycles. The fourth-order valence-corrected chi connectivity index (χ4v) is 4.35. The summed E-state index contributed by atoms with van der Waals surface area (Å²) in [7, 11) is 0. The van der Waals surface area contributed by atoms with Gasteiger partial charge < -0.3 is 16.4 Å². The number of anilines is 2. The molecule has 2 heterocycles. The van der Waals surface area contributed by atoms with E-state index in [4.69, 9.17) is 11.5 Å². The van der Waals surface area contributed by atoms with Gasteiger partial charge in [0.05, 0.1) is 5.75 Å². The van der Waals surface area contributed by atoms with Crippen LogP contribution in [0.4, 0.5) is 16.3 Å². The molecule has 10 heteroatoms. The summed E-state index contributed by atoms with van der Waals surface area (Å²) in [6, 6.07) is 6.52.